The van der Waals surface area contributed by atoms with Gasteiger partial charge in [-0.1, -0.05) is 34.0 Å². The number of alkyl halides is 1. The standard InChI is InChI=1S/C11H12BrClN2O4S/c12-8-2-1-3-10(8)14-20(18,19)7-4-5-9(13)11(6-7)15(16)17/h4-6,8,10,14H,1-3H2. The highest BCUT2D eigenvalue weighted by molar-refractivity contribution is 9.09. The first-order chi connectivity index (χ1) is 9.31. The Morgan fingerprint density at radius 2 is 2.10 bits per heavy atom. The lowest BCUT2D eigenvalue weighted by atomic mass is 10.3. The Morgan fingerprint density at radius 3 is 2.65 bits per heavy atom. The third kappa shape index (κ3) is 3.30. The normalized spacial score (nSPS) is 22.9. The third-order valence-corrected chi connectivity index (χ3v) is 6.07. The summed E-state index contributed by atoms with van der Waals surface area (Å²) in [5, 5.41) is 10.7. The third-order valence-electron chi connectivity index (χ3n) is 3.16. The number of nitro benzene ring substituents is 1. The predicted molar refractivity (Wildman–Crippen MR) is 78.8 cm³/mol. The molecule has 0 amide bonds. The van der Waals surface area contributed by atoms with Crippen molar-refractivity contribution in [1.29, 1.82) is 0 Å². The molecule has 2 atom stereocenters. The monoisotopic (exact) mass is 382 g/mol. The van der Waals surface area contributed by atoms with Gasteiger partial charge in [-0.2, -0.15) is 0 Å². The van der Waals surface area contributed by atoms with E-state index in [1.54, 1.807) is 0 Å². The number of rotatable bonds is 4. The van der Waals surface area contributed by atoms with Crippen molar-refractivity contribution in [1.82, 2.24) is 4.72 Å². The maximum atomic E-state index is 12.2. The Hall–Kier alpha value is -0.700. The van der Waals surface area contributed by atoms with E-state index in [9.17, 15) is 18.5 Å². The first-order valence-corrected chi connectivity index (χ1v) is 8.69. The molecule has 110 valence electrons. The number of benzene rings is 1. The molecule has 0 bridgehead atoms. The quantitative estimate of drug-likeness (QED) is 0.492. The Morgan fingerprint density at radius 1 is 1.40 bits per heavy atom. The average Bonchev–Trinajstić information content (AvgIpc) is 2.74. The first kappa shape index (κ1) is 15.7. The van der Waals surface area contributed by atoms with Crippen LogP contribution in [0.3, 0.4) is 0 Å². The van der Waals surface area contributed by atoms with E-state index in [1.807, 2.05) is 0 Å². The summed E-state index contributed by atoms with van der Waals surface area (Å²) >= 11 is 9.09. The lowest BCUT2D eigenvalue weighted by molar-refractivity contribution is -0.384. The maximum Gasteiger partial charge on any atom is 0.289 e. The zero-order valence-electron chi connectivity index (χ0n) is 10.3. The summed E-state index contributed by atoms with van der Waals surface area (Å²) in [7, 11) is -3.79. The predicted octanol–water partition coefficient (Wildman–Crippen LogP) is 2.84. The second-order valence-corrected chi connectivity index (χ2v) is 7.84. The van der Waals surface area contributed by atoms with Gasteiger partial charge in [0, 0.05) is 16.9 Å². The van der Waals surface area contributed by atoms with E-state index in [0.29, 0.717) is 0 Å². The van der Waals surface area contributed by atoms with Gasteiger partial charge in [0.05, 0.1) is 9.82 Å². The fourth-order valence-corrected chi connectivity index (χ4v) is 4.53. The van der Waals surface area contributed by atoms with Crippen molar-refractivity contribution in [2.75, 3.05) is 0 Å². The van der Waals surface area contributed by atoms with E-state index in [2.05, 4.69) is 20.7 Å². The lowest BCUT2D eigenvalue weighted by Gasteiger charge is -2.16. The van der Waals surface area contributed by atoms with Crippen molar-refractivity contribution < 1.29 is 13.3 Å². The molecule has 0 aromatic heterocycles. The Balaban J connectivity index is 2.30. The van der Waals surface area contributed by atoms with Crippen LogP contribution >= 0.6 is 27.5 Å². The zero-order valence-corrected chi connectivity index (χ0v) is 13.4. The summed E-state index contributed by atoms with van der Waals surface area (Å²) in [5.41, 5.74) is -0.420. The van der Waals surface area contributed by atoms with Crippen LogP contribution in [0.1, 0.15) is 19.3 Å². The van der Waals surface area contributed by atoms with Gasteiger partial charge in [0.1, 0.15) is 5.02 Å². The number of nitro groups is 1. The molecule has 1 aromatic rings. The van der Waals surface area contributed by atoms with Gasteiger partial charge in [0.25, 0.3) is 5.69 Å². The van der Waals surface area contributed by atoms with Crippen LogP contribution in [-0.4, -0.2) is 24.2 Å². The Bertz CT molecular complexity index is 637. The topological polar surface area (TPSA) is 89.3 Å². The molecule has 1 fully saturated rings. The van der Waals surface area contributed by atoms with Crippen molar-refractivity contribution in [3.8, 4) is 0 Å². The van der Waals surface area contributed by atoms with Crippen molar-refractivity contribution >= 4 is 43.2 Å². The number of nitrogens with one attached hydrogen (secondary N) is 1. The number of sulfonamides is 1. The smallest absolute Gasteiger partial charge is 0.258 e. The van der Waals surface area contributed by atoms with Crippen LogP contribution < -0.4 is 4.72 Å². The van der Waals surface area contributed by atoms with E-state index < -0.39 is 20.6 Å². The molecule has 0 heterocycles. The van der Waals surface area contributed by atoms with Crippen molar-refractivity contribution in [3.63, 3.8) is 0 Å². The SMILES string of the molecule is O=[N+]([O-])c1cc(S(=O)(=O)NC2CCCC2Br)ccc1Cl. The highest BCUT2D eigenvalue weighted by Gasteiger charge is 2.30. The molecule has 0 saturated heterocycles. The van der Waals surface area contributed by atoms with Gasteiger partial charge in [0.2, 0.25) is 10.0 Å². The van der Waals surface area contributed by atoms with Crippen molar-refractivity contribution in [2.45, 2.75) is 35.0 Å². The first-order valence-electron chi connectivity index (χ1n) is 5.91. The summed E-state index contributed by atoms with van der Waals surface area (Å²) in [4.78, 5) is 10.0. The van der Waals surface area contributed by atoms with E-state index in [1.165, 1.54) is 12.1 Å². The summed E-state index contributed by atoms with van der Waals surface area (Å²) < 4.78 is 27.0. The van der Waals surface area contributed by atoms with Crippen LogP contribution in [0, 0.1) is 10.1 Å². The van der Waals surface area contributed by atoms with E-state index >= 15 is 0 Å². The van der Waals surface area contributed by atoms with Gasteiger partial charge >= 0.3 is 0 Å². The van der Waals surface area contributed by atoms with E-state index in [-0.39, 0.29) is 20.8 Å². The van der Waals surface area contributed by atoms with E-state index in [4.69, 9.17) is 11.6 Å². The summed E-state index contributed by atoms with van der Waals surface area (Å²) in [5.74, 6) is 0. The molecule has 0 radical (unpaired) electrons. The minimum absolute atomic E-state index is 0.0829. The van der Waals surface area contributed by atoms with Crippen molar-refractivity contribution in [3.05, 3.63) is 33.3 Å². The molecule has 20 heavy (non-hydrogen) atoms. The molecule has 2 unspecified atom stereocenters. The highest BCUT2D eigenvalue weighted by atomic mass is 79.9. The van der Waals surface area contributed by atoms with Crippen LogP contribution in [0.4, 0.5) is 5.69 Å². The van der Waals surface area contributed by atoms with E-state index in [0.717, 1.165) is 25.3 Å². The van der Waals surface area contributed by atoms with Crippen molar-refractivity contribution in [2.24, 2.45) is 0 Å². The van der Waals surface area contributed by atoms with Gasteiger partial charge < -0.3 is 0 Å². The second-order valence-electron chi connectivity index (χ2n) is 4.55. The minimum atomic E-state index is -3.79. The highest BCUT2D eigenvalue weighted by Crippen LogP contribution is 2.29. The molecule has 9 heteroatoms. The number of halogens is 2. The number of hydrogen-bond acceptors (Lipinski definition) is 4. The fraction of sp³-hybridized carbons (Fsp3) is 0.455. The van der Waals surface area contributed by atoms with Crippen LogP contribution in [-0.2, 0) is 10.0 Å². The minimum Gasteiger partial charge on any atom is -0.258 e. The summed E-state index contributed by atoms with van der Waals surface area (Å²) in [6.45, 7) is 0. The molecule has 0 spiro atoms. The number of nitrogens with zero attached hydrogens (tertiary/aromatic N) is 1. The molecule has 1 N–H and O–H groups in total. The number of hydrogen-bond donors (Lipinski definition) is 1. The lowest BCUT2D eigenvalue weighted by Crippen LogP contribution is -2.37. The molecule has 1 saturated carbocycles. The zero-order chi connectivity index (χ0) is 14.9. The Kier molecular flexibility index (Phi) is 4.68. The molecule has 1 aliphatic rings. The molecular formula is C11H12BrClN2O4S. The van der Waals surface area contributed by atoms with Crippen LogP contribution in [0.25, 0.3) is 0 Å². The molecular weight excluding hydrogens is 372 g/mol. The van der Waals surface area contributed by atoms with Crippen LogP contribution in [0.5, 0.6) is 0 Å². The fourth-order valence-electron chi connectivity index (χ4n) is 2.11. The van der Waals surface area contributed by atoms with Crippen LogP contribution in [0.15, 0.2) is 23.1 Å². The molecule has 2 rings (SSSR count). The molecule has 6 nitrogen and oxygen atoms in total. The van der Waals surface area contributed by atoms with Gasteiger partial charge in [-0.25, -0.2) is 13.1 Å². The molecule has 0 aliphatic heterocycles. The van der Waals surface area contributed by atoms with Gasteiger partial charge in [0.15, 0.2) is 0 Å². The summed E-state index contributed by atoms with van der Waals surface area (Å²) in [6, 6.07) is 3.25. The maximum absolute atomic E-state index is 12.2. The van der Waals surface area contributed by atoms with Gasteiger partial charge in [-0.15, -0.1) is 0 Å². The van der Waals surface area contributed by atoms with Gasteiger partial charge in [-0.3, -0.25) is 10.1 Å². The molecule has 1 aromatic carbocycles. The average molecular weight is 384 g/mol. The summed E-state index contributed by atoms with van der Waals surface area (Å²) in [6.07, 6.45) is 2.57. The molecule has 1 aliphatic carbocycles. The Labute approximate surface area is 129 Å². The van der Waals surface area contributed by atoms with Crippen LogP contribution in [0.2, 0.25) is 5.02 Å². The largest absolute Gasteiger partial charge is 0.289 e. The second kappa shape index (κ2) is 5.97. The van der Waals surface area contributed by atoms with Gasteiger partial charge in [-0.05, 0) is 25.0 Å².